The van der Waals surface area contributed by atoms with Gasteiger partial charge in [-0.3, -0.25) is 0 Å². The lowest BCUT2D eigenvalue weighted by atomic mass is 10.1. The molecule has 1 aromatic carbocycles. The summed E-state index contributed by atoms with van der Waals surface area (Å²) in [6.07, 6.45) is 0.891. The summed E-state index contributed by atoms with van der Waals surface area (Å²) in [6.45, 7) is 2.06. The highest BCUT2D eigenvalue weighted by Crippen LogP contribution is 2.28. The second kappa shape index (κ2) is 5.93. The average molecular weight is 280 g/mol. The average Bonchev–Trinajstić information content (AvgIpc) is 2.85. The van der Waals surface area contributed by atoms with Crippen LogP contribution in [0.4, 0.5) is 15.8 Å². The topological polar surface area (TPSA) is 47.3 Å². The summed E-state index contributed by atoms with van der Waals surface area (Å²) in [5.74, 6) is -0.254. The molecule has 2 aromatic rings. The van der Waals surface area contributed by atoms with Crippen molar-refractivity contribution in [1.29, 1.82) is 0 Å². The minimum Gasteiger partial charge on any atom is -0.494 e. The molecule has 0 aliphatic heterocycles. The Bertz CT molecular complexity index is 543. The van der Waals surface area contributed by atoms with Crippen molar-refractivity contribution in [3.63, 3.8) is 0 Å². The van der Waals surface area contributed by atoms with Gasteiger partial charge in [0.2, 0.25) is 0 Å². The monoisotopic (exact) mass is 280 g/mol. The number of nitrogens with one attached hydrogen (secondary N) is 1. The minimum absolute atomic E-state index is 0.194. The van der Waals surface area contributed by atoms with Gasteiger partial charge in [0.1, 0.15) is 0 Å². The molecular weight excluding hydrogens is 263 g/mol. The number of anilines is 2. The molecule has 0 spiro atoms. The van der Waals surface area contributed by atoms with Gasteiger partial charge in [-0.15, -0.1) is 0 Å². The number of rotatable bonds is 5. The number of thiophene rings is 1. The second-order valence-electron chi connectivity index (χ2n) is 4.46. The Morgan fingerprint density at radius 3 is 2.89 bits per heavy atom. The molecule has 1 aromatic heterocycles. The number of hydrogen-bond donors (Lipinski definition) is 2. The molecule has 2 rings (SSSR count). The molecule has 0 aliphatic rings. The zero-order chi connectivity index (χ0) is 13.8. The maximum atomic E-state index is 13.4. The number of benzene rings is 1. The summed E-state index contributed by atoms with van der Waals surface area (Å²) >= 11 is 1.68. The van der Waals surface area contributed by atoms with Gasteiger partial charge in [-0.2, -0.15) is 11.3 Å². The van der Waals surface area contributed by atoms with Crippen molar-refractivity contribution in [3.05, 3.63) is 40.3 Å². The zero-order valence-corrected chi connectivity index (χ0v) is 11.8. The third-order valence-electron chi connectivity index (χ3n) is 2.85. The van der Waals surface area contributed by atoms with Gasteiger partial charge >= 0.3 is 0 Å². The van der Waals surface area contributed by atoms with Crippen LogP contribution in [0.15, 0.2) is 29.0 Å². The molecule has 102 valence electrons. The van der Waals surface area contributed by atoms with Crippen molar-refractivity contribution >= 4 is 22.7 Å². The number of halogens is 1. The maximum absolute atomic E-state index is 13.4. The Balaban J connectivity index is 2.09. The van der Waals surface area contributed by atoms with E-state index in [-0.39, 0.29) is 11.8 Å². The molecule has 3 N–H and O–H groups in total. The molecule has 1 heterocycles. The highest BCUT2D eigenvalue weighted by molar-refractivity contribution is 7.07. The summed E-state index contributed by atoms with van der Waals surface area (Å²) in [5.41, 5.74) is 8.17. The Labute approximate surface area is 116 Å². The predicted octanol–water partition coefficient (Wildman–Crippen LogP) is 3.52. The van der Waals surface area contributed by atoms with Crippen molar-refractivity contribution in [2.24, 2.45) is 0 Å². The first-order valence-electron chi connectivity index (χ1n) is 6.00. The third-order valence-corrected chi connectivity index (χ3v) is 3.58. The second-order valence-corrected chi connectivity index (χ2v) is 5.24. The van der Waals surface area contributed by atoms with Crippen molar-refractivity contribution in [2.75, 3.05) is 18.2 Å². The summed E-state index contributed by atoms with van der Waals surface area (Å²) in [6, 6.07) is 5.16. The molecule has 3 nitrogen and oxygen atoms in total. The molecule has 1 atom stereocenters. The molecule has 1 unspecified atom stereocenters. The lowest BCUT2D eigenvalue weighted by Gasteiger charge is -2.17. The van der Waals surface area contributed by atoms with E-state index in [1.807, 2.05) is 0 Å². The quantitative estimate of drug-likeness (QED) is 0.824. The van der Waals surface area contributed by atoms with Crippen LogP contribution < -0.4 is 15.8 Å². The van der Waals surface area contributed by atoms with Crippen LogP contribution in [0.1, 0.15) is 12.5 Å². The van der Waals surface area contributed by atoms with Crippen molar-refractivity contribution in [1.82, 2.24) is 0 Å². The van der Waals surface area contributed by atoms with Crippen molar-refractivity contribution in [2.45, 2.75) is 19.4 Å². The summed E-state index contributed by atoms with van der Waals surface area (Å²) in [5, 5.41) is 7.45. The smallest absolute Gasteiger partial charge is 0.167 e. The van der Waals surface area contributed by atoms with E-state index < -0.39 is 5.82 Å². The first-order valence-corrected chi connectivity index (χ1v) is 6.95. The molecule has 0 radical (unpaired) electrons. The third kappa shape index (κ3) is 3.38. The minimum atomic E-state index is -0.448. The lowest BCUT2D eigenvalue weighted by molar-refractivity contribution is 0.387. The number of ether oxygens (including phenoxy) is 1. The van der Waals surface area contributed by atoms with Crippen LogP contribution in [0.3, 0.4) is 0 Å². The molecule has 0 fully saturated rings. The molecule has 0 aliphatic carbocycles. The van der Waals surface area contributed by atoms with Crippen LogP contribution in [0, 0.1) is 5.82 Å². The fourth-order valence-corrected chi connectivity index (χ4v) is 2.61. The van der Waals surface area contributed by atoms with Crippen LogP contribution in [0.25, 0.3) is 0 Å². The fourth-order valence-electron chi connectivity index (χ4n) is 1.93. The van der Waals surface area contributed by atoms with Gasteiger partial charge in [0.25, 0.3) is 0 Å². The first kappa shape index (κ1) is 13.7. The van der Waals surface area contributed by atoms with E-state index in [0.717, 1.165) is 6.42 Å². The largest absolute Gasteiger partial charge is 0.494 e. The van der Waals surface area contributed by atoms with E-state index in [0.29, 0.717) is 11.4 Å². The van der Waals surface area contributed by atoms with E-state index in [1.54, 1.807) is 17.4 Å². The summed E-state index contributed by atoms with van der Waals surface area (Å²) in [7, 11) is 1.44. The summed E-state index contributed by atoms with van der Waals surface area (Å²) in [4.78, 5) is 0. The van der Waals surface area contributed by atoms with Crippen LogP contribution in [-0.2, 0) is 6.42 Å². The highest BCUT2D eigenvalue weighted by atomic mass is 32.1. The Kier molecular flexibility index (Phi) is 4.27. The standard InChI is InChI=1S/C14H17FN2OS/c1-9(5-10-3-4-19-8-10)17-13-7-14(18-2)11(15)6-12(13)16/h3-4,6-9,17H,5,16H2,1-2H3. The van der Waals surface area contributed by atoms with Gasteiger partial charge in [-0.1, -0.05) is 0 Å². The maximum Gasteiger partial charge on any atom is 0.167 e. The lowest BCUT2D eigenvalue weighted by Crippen LogP contribution is -2.18. The van der Waals surface area contributed by atoms with Gasteiger partial charge in [0.05, 0.1) is 18.5 Å². The van der Waals surface area contributed by atoms with Gasteiger partial charge in [-0.25, -0.2) is 4.39 Å². The van der Waals surface area contributed by atoms with E-state index in [1.165, 1.54) is 18.7 Å². The molecular formula is C14H17FN2OS. The molecule has 0 saturated heterocycles. The van der Waals surface area contributed by atoms with Crippen molar-refractivity contribution < 1.29 is 9.13 Å². The van der Waals surface area contributed by atoms with Gasteiger partial charge < -0.3 is 15.8 Å². The van der Waals surface area contributed by atoms with Gasteiger partial charge in [0, 0.05) is 18.2 Å². The number of nitrogen functional groups attached to an aromatic ring is 1. The van der Waals surface area contributed by atoms with E-state index in [2.05, 4.69) is 29.1 Å². The van der Waals surface area contributed by atoms with Crippen molar-refractivity contribution in [3.8, 4) is 5.75 Å². The summed E-state index contributed by atoms with van der Waals surface area (Å²) < 4.78 is 18.4. The molecule has 0 bridgehead atoms. The van der Waals surface area contributed by atoms with Gasteiger partial charge in [0.15, 0.2) is 11.6 Å². The van der Waals surface area contributed by atoms with Crippen LogP contribution >= 0.6 is 11.3 Å². The number of nitrogens with two attached hydrogens (primary N) is 1. The van der Waals surface area contributed by atoms with Crippen LogP contribution in [-0.4, -0.2) is 13.2 Å². The van der Waals surface area contributed by atoms with Gasteiger partial charge in [-0.05, 0) is 35.7 Å². The predicted molar refractivity (Wildman–Crippen MR) is 78.5 cm³/mol. The Hall–Kier alpha value is -1.75. The zero-order valence-electron chi connectivity index (χ0n) is 10.9. The molecule has 0 amide bonds. The Morgan fingerprint density at radius 2 is 2.26 bits per heavy atom. The van der Waals surface area contributed by atoms with E-state index >= 15 is 0 Å². The van der Waals surface area contributed by atoms with Crippen LogP contribution in [0.5, 0.6) is 5.75 Å². The molecule has 5 heteroatoms. The first-order chi connectivity index (χ1) is 9.10. The van der Waals surface area contributed by atoms with E-state index in [9.17, 15) is 4.39 Å². The van der Waals surface area contributed by atoms with Crippen LogP contribution in [0.2, 0.25) is 0 Å². The molecule has 0 saturated carbocycles. The molecule has 19 heavy (non-hydrogen) atoms. The SMILES string of the molecule is COc1cc(NC(C)Cc2ccsc2)c(N)cc1F. The highest BCUT2D eigenvalue weighted by Gasteiger charge is 2.11. The normalized spacial score (nSPS) is 12.2. The fraction of sp³-hybridized carbons (Fsp3) is 0.286. The number of methoxy groups -OCH3 is 1. The number of hydrogen-bond acceptors (Lipinski definition) is 4. The van der Waals surface area contributed by atoms with E-state index in [4.69, 9.17) is 10.5 Å². The Morgan fingerprint density at radius 1 is 1.47 bits per heavy atom.